The van der Waals surface area contributed by atoms with Crippen LogP contribution in [0.2, 0.25) is 0 Å². The van der Waals surface area contributed by atoms with E-state index in [0.717, 1.165) is 11.3 Å². The van der Waals surface area contributed by atoms with Gasteiger partial charge in [-0.2, -0.15) is 4.31 Å². The molecular formula is C15H15NO2S2. The van der Waals surface area contributed by atoms with Crippen LogP contribution in [-0.4, -0.2) is 25.0 Å². The summed E-state index contributed by atoms with van der Waals surface area (Å²) in [6, 6.07) is 18.4. The molecule has 0 radical (unpaired) electrons. The van der Waals surface area contributed by atoms with Crippen molar-refractivity contribution in [1.82, 2.24) is 4.31 Å². The smallest absolute Gasteiger partial charge is 0.207 e. The molecule has 0 amide bonds. The minimum Gasteiger partial charge on any atom is -0.207 e. The van der Waals surface area contributed by atoms with E-state index in [9.17, 15) is 8.42 Å². The van der Waals surface area contributed by atoms with Crippen molar-refractivity contribution in [2.24, 2.45) is 0 Å². The summed E-state index contributed by atoms with van der Waals surface area (Å²) in [4.78, 5) is 0.364. The van der Waals surface area contributed by atoms with E-state index in [1.165, 1.54) is 0 Å². The van der Waals surface area contributed by atoms with Gasteiger partial charge in [-0.15, -0.1) is 11.8 Å². The van der Waals surface area contributed by atoms with E-state index >= 15 is 0 Å². The molecule has 1 fully saturated rings. The molecule has 0 aliphatic carbocycles. The van der Waals surface area contributed by atoms with E-state index in [2.05, 4.69) is 0 Å². The molecule has 2 aromatic carbocycles. The molecule has 0 N–H and O–H groups in total. The van der Waals surface area contributed by atoms with Gasteiger partial charge in [-0.25, -0.2) is 8.42 Å². The second-order valence-corrected chi connectivity index (χ2v) is 7.64. The van der Waals surface area contributed by atoms with Gasteiger partial charge in [0.2, 0.25) is 10.0 Å². The highest BCUT2D eigenvalue weighted by Gasteiger charge is 2.36. The molecule has 1 saturated heterocycles. The Bertz CT molecular complexity index is 672. The van der Waals surface area contributed by atoms with Gasteiger partial charge in [-0.05, 0) is 17.7 Å². The van der Waals surface area contributed by atoms with E-state index < -0.39 is 10.0 Å². The quantitative estimate of drug-likeness (QED) is 0.874. The molecule has 1 atom stereocenters. The summed E-state index contributed by atoms with van der Waals surface area (Å²) in [7, 11) is -3.42. The van der Waals surface area contributed by atoms with Gasteiger partial charge in [-0.1, -0.05) is 48.5 Å². The first-order chi connectivity index (χ1) is 9.69. The van der Waals surface area contributed by atoms with Gasteiger partial charge in [0, 0.05) is 12.3 Å². The zero-order valence-electron chi connectivity index (χ0n) is 10.8. The lowest BCUT2D eigenvalue weighted by molar-refractivity contribution is 0.434. The third-order valence-corrected chi connectivity index (χ3v) is 6.56. The summed E-state index contributed by atoms with van der Waals surface area (Å²) < 4.78 is 27.1. The summed E-state index contributed by atoms with van der Waals surface area (Å²) in [5.41, 5.74) is 1.04. The minimum absolute atomic E-state index is 0.124. The molecule has 104 valence electrons. The Labute approximate surface area is 123 Å². The summed E-state index contributed by atoms with van der Waals surface area (Å²) in [6.07, 6.45) is 0. The minimum atomic E-state index is -3.42. The largest absolute Gasteiger partial charge is 0.244 e. The fourth-order valence-electron chi connectivity index (χ4n) is 2.31. The van der Waals surface area contributed by atoms with Gasteiger partial charge in [0.05, 0.1) is 10.3 Å². The van der Waals surface area contributed by atoms with Crippen LogP contribution in [0.4, 0.5) is 0 Å². The molecule has 1 aliphatic rings. The van der Waals surface area contributed by atoms with Gasteiger partial charge in [0.25, 0.3) is 0 Å². The molecule has 0 saturated carbocycles. The van der Waals surface area contributed by atoms with Crippen molar-refractivity contribution in [2.75, 3.05) is 12.3 Å². The Morgan fingerprint density at radius 3 is 2.20 bits per heavy atom. The molecule has 3 rings (SSSR count). The average Bonchev–Trinajstić information content (AvgIpc) is 2.99. The average molecular weight is 305 g/mol. The predicted octanol–water partition coefficient (Wildman–Crippen LogP) is 3.12. The molecule has 1 aliphatic heterocycles. The lowest BCUT2D eigenvalue weighted by Crippen LogP contribution is -2.30. The SMILES string of the molecule is O=S(=O)(c1ccccc1)N1CCSC1c1ccccc1. The maximum absolute atomic E-state index is 12.7. The maximum Gasteiger partial charge on any atom is 0.244 e. The van der Waals surface area contributed by atoms with E-state index in [4.69, 9.17) is 0 Å². The van der Waals surface area contributed by atoms with Crippen LogP contribution in [-0.2, 0) is 10.0 Å². The molecular weight excluding hydrogens is 290 g/mol. The third-order valence-electron chi connectivity index (χ3n) is 3.28. The lowest BCUT2D eigenvalue weighted by Gasteiger charge is -2.23. The van der Waals surface area contributed by atoms with E-state index in [0.29, 0.717) is 11.4 Å². The highest BCUT2D eigenvalue weighted by molar-refractivity contribution is 8.01. The van der Waals surface area contributed by atoms with Crippen molar-refractivity contribution >= 4 is 21.8 Å². The third kappa shape index (κ3) is 2.49. The topological polar surface area (TPSA) is 37.4 Å². The monoisotopic (exact) mass is 305 g/mol. The van der Waals surface area contributed by atoms with Crippen molar-refractivity contribution in [3.8, 4) is 0 Å². The van der Waals surface area contributed by atoms with Crippen LogP contribution in [0.15, 0.2) is 65.6 Å². The van der Waals surface area contributed by atoms with Crippen LogP contribution in [0.1, 0.15) is 10.9 Å². The standard InChI is InChI=1S/C15H15NO2S2/c17-20(18,14-9-5-2-6-10-14)16-11-12-19-15(16)13-7-3-1-4-8-13/h1-10,15H,11-12H2. The molecule has 0 bridgehead atoms. The number of nitrogens with zero attached hydrogens (tertiary/aromatic N) is 1. The summed E-state index contributed by atoms with van der Waals surface area (Å²) >= 11 is 1.67. The Balaban J connectivity index is 1.97. The summed E-state index contributed by atoms with van der Waals surface area (Å²) in [6.45, 7) is 0.557. The highest BCUT2D eigenvalue weighted by atomic mass is 32.2. The van der Waals surface area contributed by atoms with E-state index in [-0.39, 0.29) is 5.37 Å². The van der Waals surface area contributed by atoms with Crippen LogP contribution in [0.25, 0.3) is 0 Å². The highest BCUT2D eigenvalue weighted by Crippen LogP contribution is 2.41. The number of rotatable bonds is 3. The number of hydrogen-bond acceptors (Lipinski definition) is 3. The predicted molar refractivity (Wildman–Crippen MR) is 82.0 cm³/mol. The molecule has 0 aromatic heterocycles. The van der Waals surface area contributed by atoms with Crippen LogP contribution >= 0.6 is 11.8 Å². The van der Waals surface area contributed by atoms with Gasteiger partial charge in [0.15, 0.2) is 0 Å². The van der Waals surface area contributed by atoms with Crippen molar-refractivity contribution in [3.63, 3.8) is 0 Å². The fourth-order valence-corrected chi connectivity index (χ4v) is 5.57. The normalized spacial score (nSPS) is 20.1. The molecule has 0 spiro atoms. The van der Waals surface area contributed by atoms with Crippen molar-refractivity contribution in [3.05, 3.63) is 66.2 Å². The van der Waals surface area contributed by atoms with Crippen LogP contribution < -0.4 is 0 Å². The van der Waals surface area contributed by atoms with Gasteiger partial charge < -0.3 is 0 Å². The first kappa shape index (κ1) is 13.7. The van der Waals surface area contributed by atoms with Crippen LogP contribution in [0.5, 0.6) is 0 Å². The number of hydrogen-bond donors (Lipinski definition) is 0. The maximum atomic E-state index is 12.7. The molecule has 5 heteroatoms. The first-order valence-electron chi connectivity index (χ1n) is 6.43. The van der Waals surface area contributed by atoms with Crippen molar-refractivity contribution < 1.29 is 8.42 Å². The van der Waals surface area contributed by atoms with Crippen molar-refractivity contribution in [2.45, 2.75) is 10.3 Å². The Kier molecular flexibility index (Phi) is 3.83. The molecule has 1 heterocycles. The lowest BCUT2D eigenvalue weighted by atomic mass is 10.2. The van der Waals surface area contributed by atoms with Gasteiger partial charge in [-0.3, -0.25) is 0 Å². The molecule has 20 heavy (non-hydrogen) atoms. The second-order valence-electron chi connectivity index (χ2n) is 4.56. The molecule has 3 nitrogen and oxygen atoms in total. The Hall–Kier alpha value is -1.30. The molecule has 2 aromatic rings. The second kappa shape index (κ2) is 5.60. The van der Waals surface area contributed by atoms with Crippen LogP contribution in [0.3, 0.4) is 0 Å². The van der Waals surface area contributed by atoms with E-state index in [1.807, 2.05) is 36.4 Å². The van der Waals surface area contributed by atoms with E-state index in [1.54, 1.807) is 40.3 Å². The fraction of sp³-hybridized carbons (Fsp3) is 0.200. The van der Waals surface area contributed by atoms with Crippen molar-refractivity contribution in [1.29, 1.82) is 0 Å². The Morgan fingerprint density at radius 1 is 0.950 bits per heavy atom. The first-order valence-corrected chi connectivity index (χ1v) is 8.92. The van der Waals surface area contributed by atoms with Gasteiger partial charge in [0.1, 0.15) is 0 Å². The molecule has 1 unspecified atom stereocenters. The van der Waals surface area contributed by atoms with Crippen LogP contribution in [0, 0.1) is 0 Å². The summed E-state index contributed by atoms with van der Waals surface area (Å²) in [5.74, 6) is 0.825. The summed E-state index contributed by atoms with van der Waals surface area (Å²) in [5, 5.41) is -0.124. The number of thioether (sulfide) groups is 1. The zero-order chi connectivity index (χ0) is 14.0. The zero-order valence-corrected chi connectivity index (χ0v) is 12.5. The number of benzene rings is 2. The number of sulfonamides is 1. The van der Waals surface area contributed by atoms with Gasteiger partial charge >= 0.3 is 0 Å². The Morgan fingerprint density at radius 2 is 1.55 bits per heavy atom.